The molecule has 0 radical (unpaired) electrons. The number of rotatable bonds is 4. The first kappa shape index (κ1) is 22.4. The van der Waals surface area contributed by atoms with Gasteiger partial charge in [-0.3, -0.25) is 9.59 Å². The summed E-state index contributed by atoms with van der Waals surface area (Å²) in [4.78, 5) is 26.8. The van der Waals surface area contributed by atoms with E-state index in [-0.39, 0.29) is 11.7 Å². The van der Waals surface area contributed by atoms with Crippen LogP contribution in [0.4, 0.5) is 5.69 Å². The van der Waals surface area contributed by atoms with Crippen molar-refractivity contribution in [3.8, 4) is 17.4 Å². The highest BCUT2D eigenvalue weighted by Gasteiger charge is 2.40. The van der Waals surface area contributed by atoms with Crippen molar-refractivity contribution in [2.45, 2.75) is 39.0 Å². The number of hydrogen-bond donors (Lipinski definition) is 2. The van der Waals surface area contributed by atoms with E-state index in [2.05, 4.69) is 16.7 Å². The zero-order valence-corrected chi connectivity index (χ0v) is 19.6. The molecule has 2 aliphatic rings. The molecule has 0 spiro atoms. The number of benzene rings is 2. The Morgan fingerprint density at radius 1 is 1.06 bits per heavy atom. The number of amides is 1. The molecule has 0 saturated carbocycles. The zero-order valence-electron chi connectivity index (χ0n) is 19.6. The number of aryl methyl sites for hydroxylation is 1. The highest BCUT2D eigenvalue weighted by atomic mass is 16.3. The van der Waals surface area contributed by atoms with Crippen molar-refractivity contribution in [3.05, 3.63) is 100 Å². The second-order valence-electron chi connectivity index (χ2n) is 8.89. The molecule has 2 N–H and O–H groups in total. The van der Waals surface area contributed by atoms with Crippen LogP contribution in [0, 0.1) is 18.3 Å². The van der Waals surface area contributed by atoms with Crippen LogP contribution < -0.4 is 10.6 Å². The molecule has 35 heavy (non-hydrogen) atoms. The predicted molar refractivity (Wildman–Crippen MR) is 133 cm³/mol. The number of hydrogen-bond acceptors (Lipinski definition) is 5. The van der Waals surface area contributed by atoms with Crippen molar-refractivity contribution < 1.29 is 14.0 Å². The van der Waals surface area contributed by atoms with E-state index >= 15 is 0 Å². The average Bonchev–Trinajstić information content (AvgIpc) is 3.34. The van der Waals surface area contributed by atoms with E-state index in [1.807, 2.05) is 50.2 Å². The fourth-order valence-electron chi connectivity index (χ4n) is 4.92. The summed E-state index contributed by atoms with van der Waals surface area (Å²) in [6.07, 6.45) is 1.95. The number of para-hydroxylation sites is 1. The summed E-state index contributed by atoms with van der Waals surface area (Å²) in [6, 6.07) is 20.6. The Balaban J connectivity index is 1.60. The van der Waals surface area contributed by atoms with Gasteiger partial charge in [0.25, 0.3) is 5.91 Å². The maximum absolute atomic E-state index is 13.6. The van der Waals surface area contributed by atoms with Gasteiger partial charge in [-0.15, -0.1) is 0 Å². The Kier molecular flexibility index (Phi) is 5.84. The number of carbonyl (C=O) groups is 2. The second-order valence-corrected chi connectivity index (χ2v) is 8.89. The first-order valence-corrected chi connectivity index (χ1v) is 11.7. The normalized spacial score (nSPS) is 17.5. The minimum Gasteiger partial charge on any atom is -0.460 e. The smallest absolute Gasteiger partial charge is 0.254 e. The molecule has 1 aliphatic heterocycles. The number of allylic oxidation sites excluding steroid dienone is 3. The molecular weight excluding hydrogens is 438 g/mol. The van der Waals surface area contributed by atoms with E-state index in [9.17, 15) is 14.9 Å². The van der Waals surface area contributed by atoms with Crippen LogP contribution in [-0.2, 0) is 9.59 Å². The van der Waals surface area contributed by atoms with Crippen molar-refractivity contribution in [1.29, 1.82) is 5.26 Å². The molecule has 1 amide bonds. The molecule has 6 nitrogen and oxygen atoms in total. The highest BCUT2D eigenvalue weighted by Crippen LogP contribution is 2.44. The topological polar surface area (TPSA) is 95.1 Å². The maximum atomic E-state index is 13.6. The molecule has 6 heteroatoms. The van der Waals surface area contributed by atoms with Gasteiger partial charge in [0, 0.05) is 34.6 Å². The number of anilines is 1. The number of nitrogens with zero attached hydrogens (tertiary/aromatic N) is 1. The monoisotopic (exact) mass is 463 g/mol. The van der Waals surface area contributed by atoms with Crippen LogP contribution in [0.3, 0.4) is 0 Å². The van der Waals surface area contributed by atoms with Gasteiger partial charge in [-0.2, -0.15) is 5.26 Å². The summed E-state index contributed by atoms with van der Waals surface area (Å²) >= 11 is 0. The van der Waals surface area contributed by atoms with Crippen LogP contribution in [-0.4, -0.2) is 11.7 Å². The lowest BCUT2D eigenvalue weighted by Crippen LogP contribution is -2.35. The first-order chi connectivity index (χ1) is 17.0. The van der Waals surface area contributed by atoms with E-state index in [0.717, 1.165) is 29.8 Å². The van der Waals surface area contributed by atoms with Gasteiger partial charge in [0.1, 0.15) is 11.5 Å². The van der Waals surface area contributed by atoms with E-state index in [4.69, 9.17) is 4.42 Å². The van der Waals surface area contributed by atoms with Gasteiger partial charge >= 0.3 is 0 Å². The maximum Gasteiger partial charge on any atom is 0.254 e. The Bertz CT molecular complexity index is 1450. The molecule has 1 unspecified atom stereocenters. The fraction of sp³-hybridized carbons (Fsp3) is 0.207. The van der Waals surface area contributed by atoms with Crippen molar-refractivity contribution in [2.75, 3.05) is 5.32 Å². The third kappa shape index (κ3) is 4.06. The number of nitrogens with one attached hydrogen (secondary N) is 2. The van der Waals surface area contributed by atoms with Crippen molar-refractivity contribution in [3.63, 3.8) is 0 Å². The van der Waals surface area contributed by atoms with Crippen LogP contribution in [0.25, 0.3) is 11.3 Å². The van der Waals surface area contributed by atoms with Gasteiger partial charge in [-0.25, -0.2) is 0 Å². The minimum atomic E-state index is -0.633. The molecule has 0 saturated heterocycles. The van der Waals surface area contributed by atoms with E-state index in [0.29, 0.717) is 45.9 Å². The van der Waals surface area contributed by atoms with Crippen LogP contribution in [0.5, 0.6) is 0 Å². The van der Waals surface area contributed by atoms with E-state index < -0.39 is 5.92 Å². The summed E-state index contributed by atoms with van der Waals surface area (Å²) in [6.45, 7) is 3.79. The Morgan fingerprint density at radius 3 is 2.63 bits per heavy atom. The summed E-state index contributed by atoms with van der Waals surface area (Å²) in [5.41, 5.74) is 5.43. The van der Waals surface area contributed by atoms with Gasteiger partial charge < -0.3 is 15.1 Å². The van der Waals surface area contributed by atoms with E-state index in [1.54, 1.807) is 24.3 Å². The molecule has 5 rings (SSSR count). The second kappa shape index (κ2) is 9.11. The predicted octanol–water partition coefficient (Wildman–Crippen LogP) is 5.73. The molecule has 1 aliphatic carbocycles. The van der Waals surface area contributed by atoms with Crippen molar-refractivity contribution in [1.82, 2.24) is 5.32 Å². The number of nitriles is 1. The third-order valence-electron chi connectivity index (χ3n) is 6.64. The van der Waals surface area contributed by atoms with Gasteiger partial charge in [-0.1, -0.05) is 30.3 Å². The molecule has 0 bridgehead atoms. The summed E-state index contributed by atoms with van der Waals surface area (Å²) in [5.74, 6) is 0.136. The summed E-state index contributed by atoms with van der Waals surface area (Å²) < 4.78 is 6.27. The van der Waals surface area contributed by atoms with Gasteiger partial charge in [0.05, 0.1) is 23.1 Å². The number of furan rings is 1. The van der Waals surface area contributed by atoms with Crippen LogP contribution in [0.1, 0.15) is 49.0 Å². The van der Waals surface area contributed by atoms with Crippen molar-refractivity contribution >= 4 is 17.4 Å². The minimum absolute atomic E-state index is 0.0211. The third-order valence-corrected chi connectivity index (χ3v) is 6.64. The molecule has 0 fully saturated rings. The number of carbonyl (C=O) groups excluding carboxylic acids is 2. The van der Waals surface area contributed by atoms with Crippen LogP contribution in [0.2, 0.25) is 0 Å². The largest absolute Gasteiger partial charge is 0.460 e. The van der Waals surface area contributed by atoms with Crippen LogP contribution in [0.15, 0.2) is 87.6 Å². The number of dihydropyridines is 1. The quantitative estimate of drug-likeness (QED) is 0.515. The van der Waals surface area contributed by atoms with Crippen molar-refractivity contribution in [2.24, 2.45) is 0 Å². The molecule has 2 heterocycles. The van der Waals surface area contributed by atoms with Gasteiger partial charge in [0.2, 0.25) is 0 Å². The Morgan fingerprint density at radius 2 is 1.83 bits per heavy atom. The molecule has 1 atom stereocenters. The number of Topliss-reactive ketones (excluding diaryl/α,β-unsaturated/α-hetero) is 1. The average molecular weight is 464 g/mol. The standard InChI is InChI=1S/C29H25N3O3/c1-17-8-3-6-11-21(17)32-29(34)26-18(2)31-22-12-7-13-23(33)27(22)28(26)25-15-14-24(35-25)20-10-5-4-9-19(20)16-30/h3-6,8-11,14-15,28,31H,7,12-13H2,1-2H3,(H,32,34). The van der Waals surface area contributed by atoms with Gasteiger partial charge in [0.15, 0.2) is 5.78 Å². The fourth-order valence-corrected chi connectivity index (χ4v) is 4.92. The molecule has 174 valence electrons. The summed E-state index contributed by atoms with van der Waals surface area (Å²) in [7, 11) is 0. The molecule has 1 aromatic heterocycles. The Hall–Kier alpha value is -4.37. The van der Waals surface area contributed by atoms with Gasteiger partial charge in [-0.05, 0) is 62.6 Å². The SMILES string of the molecule is CC1=C(C(=O)Nc2ccccc2C)C(c2ccc(-c3ccccc3C#N)o2)C2=C(CCCC2=O)N1. The first-order valence-electron chi connectivity index (χ1n) is 11.7. The molecular formula is C29H25N3O3. The van der Waals surface area contributed by atoms with E-state index in [1.165, 1.54) is 0 Å². The highest BCUT2D eigenvalue weighted by molar-refractivity contribution is 6.09. The molecule has 3 aromatic rings. The lowest BCUT2D eigenvalue weighted by atomic mass is 9.77. The molecule has 2 aromatic carbocycles. The zero-order chi connectivity index (χ0) is 24.5. The van der Waals surface area contributed by atoms with Crippen LogP contribution >= 0.6 is 0 Å². The Labute approximate surface area is 204 Å². The summed E-state index contributed by atoms with van der Waals surface area (Å²) in [5, 5.41) is 15.9. The lowest BCUT2D eigenvalue weighted by Gasteiger charge is -2.33. The lowest BCUT2D eigenvalue weighted by molar-refractivity contribution is -0.116. The number of ketones is 1.